The summed E-state index contributed by atoms with van der Waals surface area (Å²) in [6, 6.07) is 6.36. The van der Waals surface area contributed by atoms with Crippen LogP contribution in [0.25, 0.3) is 0 Å². The molecule has 0 amide bonds. The normalized spacial score (nSPS) is 9.92. The second-order valence-electron chi connectivity index (χ2n) is 2.93. The first-order valence-electron chi connectivity index (χ1n) is 4.11. The van der Waals surface area contributed by atoms with Gasteiger partial charge in [-0.25, -0.2) is 0 Å². The van der Waals surface area contributed by atoms with Gasteiger partial charge in [-0.1, -0.05) is 17.7 Å². The Balaban J connectivity index is 2.72. The van der Waals surface area contributed by atoms with Crippen LogP contribution >= 0.6 is 11.6 Å². The molecule has 0 spiro atoms. The third-order valence-corrected chi connectivity index (χ3v) is 1.98. The van der Waals surface area contributed by atoms with Crippen LogP contribution in [0.1, 0.15) is 11.1 Å². The van der Waals surface area contributed by atoms with E-state index in [0.717, 1.165) is 6.54 Å². The minimum absolute atomic E-state index is 0.646. The molecule has 0 aliphatic heterocycles. The van der Waals surface area contributed by atoms with Crippen molar-refractivity contribution in [3.8, 4) is 0 Å². The minimum atomic E-state index is 0.646. The van der Waals surface area contributed by atoms with E-state index < -0.39 is 0 Å². The van der Waals surface area contributed by atoms with Crippen molar-refractivity contribution in [3.63, 3.8) is 0 Å². The summed E-state index contributed by atoms with van der Waals surface area (Å²) in [7, 11) is 0. The molecule has 0 unspecified atom stereocenters. The highest BCUT2D eigenvalue weighted by molar-refractivity contribution is 6.18. The van der Waals surface area contributed by atoms with Crippen molar-refractivity contribution in [1.29, 1.82) is 0 Å². The summed E-state index contributed by atoms with van der Waals surface area (Å²) in [4.78, 5) is 0. The van der Waals surface area contributed by atoms with Gasteiger partial charge >= 0.3 is 0 Å². The zero-order valence-corrected chi connectivity index (χ0v) is 8.28. The zero-order chi connectivity index (χ0) is 8.97. The van der Waals surface area contributed by atoms with Crippen molar-refractivity contribution in [2.24, 2.45) is 0 Å². The topological polar surface area (TPSA) is 12.0 Å². The molecule has 0 aliphatic carbocycles. The first-order valence-corrected chi connectivity index (χ1v) is 4.64. The Hall–Kier alpha value is -0.690. The fraction of sp³-hybridized carbons (Fsp3) is 0.400. The number of rotatable bonds is 3. The molecule has 0 radical (unpaired) electrons. The maximum Gasteiger partial charge on any atom is 0.0396 e. The fourth-order valence-electron chi connectivity index (χ4n) is 1.19. The Morgan fingerprint density at radius 1 is 1.33 bits per heavy atom. The second kappa shape index (κ2) is 4.36. The van der Waals surface area contributed by atoms with Crippen molar-refractivity contribution >= 4 is 17.3 Å². The van der Waals surface area contributed by atoms with E-state index in [4.69, 9.17) is 11.6 Å². The highest BCUT2D eigenvalue weighted by Crippen LogP contribution is 2.15. The molecule has 0 aromatic heterocycles. The Bertz CT molecular complexity index is 258. The highest BCUT2D eigenvalue weighted by atomic mass is 35.5. The van der Waals surface area contributed by atoms with E-state index >= 15 is 0 Å². The number of benzene rings is 1. The maximum absolute atomic E-state index is 5.57. The Morgan fingerprint density at radius 2 is 2.08 bits per heavy atom. The first kappa shape index (κ1) is 9.40. The van der Waals surface area contributed by atoms with Gasteiger partial charge in [-0.05, 0) is 25.5 Å². The predicted octanol–water partition coefficient (Wildman–Crippen LogP) is 2.95. The van der Waals surface area contributed by atoms with Gasteiger partial charge in [0.05, 0.1) is 0 Å². The highest BCUT2D eigenvalue weighted by Gasteiger charge is 1.95. The number of alkyl halides is 1. The van der Waals surface area contributed by atoms with E-state index in [-0.39, 0.29) is 0 Å². The third-order valence-electron chi connectivity index (χ3n) is 1.79. The monoisotopic (exact) mass is 183 g/mol. The van der Waals surface area contributed by atoms with Gasteiger partial charge in [0.1, 0.15) is 0 Å². The van der Waals surface area contributed by atoms with Crippen molar-refractivity contribution in [2.45, 2.75) is 13.8 Å². The van der Waals surface area contributed by atoms with Crippen LogP contribution in [-0.4, -0.2) is 12.4 Å². The van der Waals surface area contributed by atoms with E-state index in [9.17, 15) is 0 Å². The fourth-order valence-corrected chi connectivity index (χ4v) is 1.29. The lowest BCUT2D eigenvalue weighted by molar-refractivity contribution is 1.20. The second-order valence-corrected chi connectivity index (χ2v) is 3.31. The molecule has 2 heteroatoms. The summed E-state index contributed by atoms with van der Waals surface area (Å²) in [5, 5.41) is 3.26. The number of hydrogen-bond donors (Lipinski definition) is 1. The van der Waals surface area contributed by atoms with E-state index in [0.29, 0.717) is 5.88 Å². The lowest BCUT2D eigenvalue weighted by Gasteiger charge is -2.07. The molecule has 0 heterocycles. The molecule has 0 aliphatic rings. The standard InChI is InChI=1S/C10H14ClN/c1-8-3-4-10(9(2)7-8)12-6-5-11/h3-4,7,12H,5-6H2,1-2H3. The molecule has 0 saturated heterocycles. The summed E-state index contributed by atoms with van der Waals surface area (Å²) < 4.78 is 0. The van der Waals surface area contributed by atoms with Crippen molar-refractivity contribution in [3.05, 3.63) is 29.3 Å². The molecular formula is C10H14ClN. The van der Waals surface area contributed by atoms with Crippen LogP contribution in [-0.2, 0) is 0 Å². The van der Waals surface area contributed by atoms with E-state index in [1.54, 1.807) is 0 Å². The number of aryl methyl sites for hydroxylation is 2. The largest absolute Gasteiger partial charge is 0.384 e. The Kier molecular flexibility index (Phi) is 3.42. The molecular weight excluding hydrogens is 170 g/mol. The molecule has 66 valence electrons. The van der Waals surface area contributed by atoms with Gasteiger partial charge < -0.3 is 5.32 Å². The number of halogens is 1. The molecule has 12 heavy (non-hydrogen) atoms. The van der Waals surface area contributed by atoms with Gasteiger partial charge in [0.15, 0.2) is 0 Å². The van der Waals surface area contributed by atoms with Crippen LogP contribution in [0, 0.1) is 13.8 Å². The zero-order valence-electron chi connectivity index (χ0n) is 7.52. The van der Waals surface area contributed by atoms with Gasteiger partial charge in [-0.3, -0.25) is 0 Å². The Labute approximate surface area is 78.7 Å². The van der Waals surface area contributed by atoms with Crippen LogP contribution in [0.2, 0.25) is 0 Å². The van der Waals surface area contributed by atoms with Gasteiger partial charge in [0.2, 0.25) is 0 Å². The molecule has 1 aromatic rings. The molecule has 0 saturated carbocycles. The van der Waals surface area contributed by atoms with Crippen LogP contribution in [0.5, 0.6) is 0 Å². The molecule has 1 nitrogen and oxygen atoms in total. The Morgan fingerprint density at radius 3 is 2.67 bits per heavy atom. The quantitative estimate of drug-likeness (QED) is 0.711. The van der Waals surface area contributed by atoms with E-state index in [2.05, 4.69) is 37.4 Å². The smallest absolute Gasteiger partial charge is 0.0396 e. The van der Waals surface area contributed by atoms with Gasteiger partial charge in [0.25, 0.3) is 0 Å². The molecule has 1 aromatic carbocycles. The third kappa shape index (κ3) is 2.42. The lowest BCUT2D eigenvalue weighted by atomic mass is 10.1. The summed E-state index contributed by atoms with van der Waals surface area (Å²) in [6.45, 7) is 5.02. The molecule has 1 N–H and O–H groups in total. The number of hydrogen-bond acceptors (Lipinski definition) is 1. The van der Waals surface area contributed by atoms with Gasteiger partial charge in [0, 0.05) is 18.1 Å². The summed E-state index contributed by atoms with van der Waals surface area (Å²) >= 11 is 5.57. The SMILES string of the molecule is Cc1ccc(NCCCl)c(C)c1. The van der Waals surface area contributed by atoms with Crippen LogP contribution in [0.3, 0.4) is 0 Å². The minimum Gasteiger partial charge on any atom is -0.384 e. The first-order chi connectivity index (χ1) is 5.74. The van der Waals surface area contributed by atoms with Crippen LogP contribution in [0.4, 0.5) is 5.69 Å². The van der Waals surface area contributed by atoms with Gasteiger partial charge in [-0.2, -0.15) is 0 Å². The number of nitrogens with one attached hydrogen (secondary N) is 1. The van der Waals surface area contributed by atoms with Crippen molar-refractivity contribution in [1.82, 2.24) is 0 Å². The van der Waals surface area contributed by atoms with Crippen molar-refractivity contribution in [2.75, 3.05) is 17.7 Å². The average Bonchev–Trinajstić information content (AvgIpc) is 2.03. The molecule has 0 atom stereocenters. The maximum atomic E-state index is 5.57. The van der Waals surface area contributed by atoms with Crippen molar-refractivity contribution < 1.29 is 0 Å². The summed E-state index contributed by atoms with van der Waals surface area (Å²) in [5.74, 6) is 0.646. The van der Waals surface area contributed by atoms with Gasteiger partial charge in [-0.15, -0.1) is 11.6 Å². The lowest BCUT2D eigenvalue weighted by Crippen LogP contribution is -2.03. The van der Waals surface area contributed by atoms with E-state index in [1.807, 2.05) is 0 Å². The number of anilines is 1. The average molecular weight is 184 g/mol. The molecule has 1 rings (SSSR count). The summed E-state index contributed by atoms with van der Waals surface area (Å²) in [6.07, 6.45) is 0. The van der Waals surface area contributed by atoms with E-state index in [1.165, 1.54) is 16.8 Å². The predicted molar refractivity (Wildman–Crippen MR) is 55.1 cm³/mol. The summed E-state index contributed by atoms with van der Waals surface area (Å²) in [5.41, 5.74) is 3.75. The van der Waals surface area contributed by atoms with Crippen LogP contribution < -0.4 is 5.32 Å². The van der Waals surface area contributed by atoms with Crippen LogP contribution in [0.15, 0.2) is 18.2 Å². The molecule has 0 bridgehead atoms. The molecule has 0 fully saturated rings.